The highest BCUT2D eigenvalue weighted by atomic mass is 16.3. The number of benzene rings is 2. The minimum Gasteiger partial charge on any atom is -0.392 e. The normalized spacial score (nSPS) is 18.3. The largest absolute Gasteiger partial charge is 0.392 e. The summed E-state index contributed by atoms with van der Waals surface area (Å²) in [5.74, 6) is -0.986. The highest BCUT2D eigenvalue weighted by Gasteiger charge is 2.40. The summed E-state index contributed by atoms with van der Waals surface area (Å²) in [4.78, 5) is 38.3. The Morgan fingerprint density at radius 1 is 1.13 bits per heavy atom. The van der Waals surface area contributed by atoms with Crippen molar-refractivity contribution in [3.05, 3.63) is 65.4 Å². The molecule has 2 aromatic carbocycles. The van der Waals surface area contributed by atoms with Crippen LogP contribution in [0.5, 0.6) is 0 Å². The van der Waals surface area contributed by atoms with Crippen molar-refractivity contribution in [2.24, 2.45) is 0 Å². The molecule has 0 saturated carbocycles. The van der Waals surface area contributed by atoms with Gasteiger partial charge in [0.15, 0.2) is 0 Å². The summed E-state index contributed by atoms with van der Waals surface area (Å²) in [6, 6.07) is 12.1. The first kappa shape index (κ1) is 19.1. The number of imide groups is 1. The summed E-state index contributed by atoms with van der Waals surface area (Å²) in [5.41, 5.74) is 4.22. The first-order valence-electron chi connectivity index (χ1n) is 9.94. The Bertz CT molecular complexity index is 1220. The number of carbonyl (C=O) groups excluding carboxylic acids is 3. The summed E-state index contributed by atoms with van der Waals surface area (Å²) in [6.45, 7) is 0.193. The van der Waals surface area contributed by atoms with Crippen molar-refractivity contribution in [1.29, 1.82) is 0 Å². The first-order valence-corrected chi connectivity index (χ1v) is 9.94. The molecule has 1 unspecified atom stereocenters. The summed E-state index contributed by atoms with van der Waals surface area (Å²) in [5, 5.41) is 20.2. The van der Waals surface area contributed by atoms with Gasteiger partial charge in [-0.25, -0.2) is 4.68 Å². The number of nitrogens with zero attached hydrogens (tertiary/aromatic N) is 4. The molecule has 1 aromatic heterocycles. The zero-order valence-electron chi connectivity index (χ0n) is 16.5. The lowest BCUT2D eigenvalue weighted by Crippen LogP contribution is -2.52. The number of nitrogens with one attached hydrogen (secondary N) is 1. The molecule has 156 valence electrons. The molecule has 0 aliphatic carbocycles. The van der Waals surface area contributed by atoms with E-state index in [4.69, 9.17) is 0 Å². The van der Waals surface area contributed by atoms with Gasteiger partial charge in [-0.2, -0.15) is 0 Å². The Balaban J connectivity index is 1.47. The number of aromatic nitrogens is 3. The van der Waals surface area contributed by atoms with Gasteiger partial charge in [0.25, 0.3) is 5.91 Å². The molecule has 9 nitrogen and oxygen atoms in total. The maximum absolute atomic E-state index is 13.0. The third-order valence-electron chi connectivity index (χ3n) is 5.70. The van der Waals surface area contributed by atoms with Crippen molar-refractivity contribution in [2.75, 3.05) is 0 Å². The zero-order valence-corrected chi connectivity index (χ0v) is 16.5. The van der Waals surface area contributed by atoms with Crippen LogP contribution in [-0.2, 0) is 22.7 Å². The molecule has 1 saturated heterocycles. The molecule has 2 aliphatic heterocycles. The topological polar surface area (TPSA) is 117 Å². The molecule has 3 amide bonds. The van der Waals surface area contributed by atoms with E-state index in [0.717, 1.165) is 16.7 Å². The molecule has 3 heterocycles. The highest BCUT2D eigenvalue weighted by molar-refractivity contribution is 6.05. The molecule has 0 spiro atoms. The van der Waals surface area contributed by atoms with Gasteiger partial charge in [-0.15, -0.1) is 5.10 Å². The predicted molar refractivity (Wildman–Crippen MR) is 109 cm³/mol. The van der Waals surface area contributed by atoms with Crippen LogP contribution in [0.3, 0.4) is 0 Å². The molecule has 9 heteroatoms. The second-order valence-electron chi connectivity index (χ2n) is 7.61. The minimum atomic E-state index is -0.669. The Hall–Kier alpha value is -3.85. The molecule has 3 aromatic rings. The second kappa shape index (κ2) is 7.44. The lowest BCUT2D eigenvalue weighted by molar-refractivity contribution is -0.136. The SMILES string of the molecule is O=C1CCC(N2Cc3c(cccc3-n3cc(-c4cccc(CO)c4)nn3)C2=O)C(=O)N1. The zero-order chi connectivity index (χ0) is 21.5. The molecule has 1 fully saturated rings. The molecule has 2 aliphatic rings. The van der Waals surface area contributed by atoms with Crippen molar-refractivity contribution < 1.29 is 19.5 Å². The minimum absolute atomic E-state index is 0.0630. The fraction of sp³-hybridized carbons (Fsp3) is 0.227. The van der Waals surface area contributed by atoms with E-state index < -0.39 is 11.9 Å². The third kappa shape index (κ3) is 3.28. The molecule has 2 N–H and O–H groups in total. The van der Waals surface area contributed by atoms with Gasteiger partial charge < -0.3 is 10.0 Å². The lowest BCUT2D eigenvalue weighted by atomic mass is 10.0. The second-order valence-corrected chi connectivity index (χ2v) is 7.61. The Labute approximate surface area is 177 Å². The van der Waals surface area contributed by atoms with Crippen LogP contribution in [0.25, 0.3) is 16.9 Å². The number of hydrogen-bond donors (Lipinski definition) is 2. The van der Waals surface area contributed by atoms with Crippen LogP contribution in [-0.4, -0.2) is 48.8 Å². The van der Waals surface area contributed by atoms with Crippen LogP contribution in [0.2, 0.25) is 0 Å². The van der Waals surface area contributed by atoms with Crippen molar-refractivity contribution >= 4 is 17.7 Å². The Morgan fingerprint density at radius 2 is 1.97 bits per heavy atom. The van der Waals surface area contributed by atoms with Crippen molar-refractivity contribution in [3.8, 4) is 16.9 Å². The van der Waals surface area contributed by atoms with Gasteiger partial charge in [-0.3, -0.25) is 19.7 Å². The van der Waals surface area contributed by atoms with Gasteiger partial charge >= 0.3 is 0 Å². The molecular formula is C22H19N5O4. The third-order valence-corrected chi connectivity index (χ3v) is 5.70. The molecular weight excluding hydrogens is 398 g/mol. The quantitative estimate of drug-likeness (QED) is 0.616. The Morgan fingerprint density at radius 3 is 2.77 bits per heavy atom. The molecule has 31 heavy (non-hydrogen) atoms. The van der Waals surface area contributed by atoms with E-state index in [9.17, 15) is 19.5 Å². The van der Waals surface area contributed by atoms with Gasteiger partial charge in [0.1, 0.15) is 11.7 Å². The van der Waals surface area contributed by atoms with Crippen molar-refractivity contribution in [1.82, 2.24) is 25.2 Å². The van der Waals surface area contributed by atoms with E-state index in [2.05, 4.69) is 15.6 Å². The summed E-state index contributed by atoms with van der Waals surface area (Å²) in [6.07, 6.45) is 2.29. The number of fused-ring (bicyclic) bond motifs is 1. The van der Waals surface area contributed by atoms with Gasteiger partial charge in [0.05, 0.1) is 18.5 Å². The van der Waals surface area contributed by atoms with E-state index in [-0.39, 0.29) is 31.4 Å². The Kier molecular flexibility index (Phi) is 4.59. The van der Waals surface area contributed by atoms with E-state index in [0.29, 0.717) is 23.4 Å². The van der Waals surface area contributed by atoms with Gasteiger partial charge in [-0.05, 0) is 30.2 Å². The van der Waals surface area contributed by atoms with E-state index in [1.807, 2.05) is 30.3 Å². The standard InChI is InChI=1S/C22H19N5O4/c28-12-13-3-1-4-14(9-13)17-11-27(25-24-17)18-6-2-5-15-16(18)10-26(22(15)31)19-7-8-20(29)23-21(19)30/h1-6,9,11,19,28H,7-8,10,12H2,(H,23,29,30). The summed E-state index contributed by atoms with van der Waals surface area (Å²) >= 11 is 0. The fourth-order valence-electron chi connectivity index (χ4n) is 4.13. The lowest BCUT2D eigenvalue weighted by Gasteiger charge is -2.29. The maximum atomic E-state index is 13.0. The average Bonchev–Trinajstić information content (AvgIpc) is 3.39. The van der Waals surface area contributed by atoms with E-state index in [1.165, 1.54) is 4.90 Å². The number of rotatable bonds is 4. The van der Waals surface area contributed by atoms with Crippen LogP contribution >= 0.6 is 0 Å². The van der Waals surface area contributed by atoms with Crippen molar-refractivity contribution in [3.63, 3.8) is 0 Å². The van der Waals surface area contributed by atoms with Crippen LogP contribution < -0.4 is 5.32 Å². The fourth-order valence-corrected chi connectivity index (χ4v) is 4.13. The number of piperidine rings is 1. The van der Waals surface area contributed by atoms with E-state index in [1.54, 1.807) is 23.0 Å². The van der Waals surface area contributed by atoms with Gasteiger partial charge in [0.2, 0.25) is 11.8 Å². The average molecular weight is 417 g/mol. The van der Waals surface area contributed by atoms with Gasteiger partial charge in [-0.1, -0.05) is 29.5 Å². The van der Waals surface area contributed by atoms with E-state index >= 15 is 0 Å². The monoisotopic (exact) mass is 417 g/mol. The van der Waals surface area contributed by atoms with Crippen LogP contribution in [0.1, 0.15) is 34.3 Å². The predicted octanol–water partition coefficient (Wildman–Crippen LogP) is 1.19. The molecule has 0 radical (unpaired) electrons. The number of carbonyl (C=O) groups is 3. The van der Waals surface area contributed by atoms with Gasteiger partial charge in [0, 0.05) is 29.7 Å². The number of amides is 3. The molecule has 1 atom stereocenters. The number of aliphatic hydroxyl groups excluding tert-OH is 1. The van der Waals surface area contributed by atoms with Crippen molar-refractivity contribution in [2.45, 2.75) is 32.0 Å². The molecule has 5 rings (SSSR count). The van der Waals surface area contributed by atoms with Crippen LogP contribution in [0.4, 0.5) is 0 Å². The van der Waals surface area contributed by atoms with Crippen LogP contribution in [0, 0.1) is 0 Å². The summed E-state index contributed by atoms with van der Waals surface area (Å²) in [7, 11) is 0. The molecule has 0 bridgehead atoms. The highest BCUT2D eigenvalue weighted by Crippen LogP contribution is 2.31. The summed E-state index contributed by atoms with van der Waals surface area (Å²) < 4.78 is 1.61. The maximum Gasteiger partial charge on any atom is 0.255 e. The number of hydrogen-bond acceptors (Lipinski definition) is 6. The number of aliphatic hydroxyl groups is 1. The smallest absolute Gasteiger partial charge is 0.255 e. The van der Waals surface area contributed by atoms with Crippen LogP contribution in [0.15, 0.2) is 48.7 Å². The first-order chi connectivity index (χ1) is 15.0.